The van der Waals surface area contributed by atoms with Crippen molar-refractivity contribution in [2.45, 2.75) is 6.42 Å². The number of likely N-dealkylation sites (N-methyl/N-ethyl adjacent to an activating group) is 1. The Labute approximate surface area is 424 Å². The van der Waals surface area contributed by atoms with E-state index in [9.17, 15) is 14.4 Å². The van der Waals surface area contributed by atoms with E-state index in [-0.39, 0.29) is 16.8 Å². The summed E-state index contributed by atoms with van der Waals surface area (Å²) in [5.41, 5.74) is 7.10. The van der Waals surface area contributed by atoms with E-state index in [0.717, 1.165) is 87.4 Å². The minimum atomic E-state index is -0.167. The van der Waals surface area contributed by atoms with Crippen LogP contribution < -0.4 is 16.2 Å². The zero-order chi connectivity index (χ0) is 50.6. The van der Waals surface area contributed by atoms with Crippen molar-refractivity contribution in [3.63, 3.8) is 0 Å². The minimum absolute atomic E-state index is 0.0648. The molecule has 17 nitrogen and oxygen atoms in total. The Kier molecular flexibility index (Phi) is 15.8. The number of amides is 1. The van der Waals surface area contributed by atoms with E-state index in [1.807, 2.05) is 47.4 Å². The van der Waals surface area contributed by atoms with Crippen LogP contribution in [0.15, 0.2) is 148 Å². The number of carbonyl (C=O) groups excluding carboxylic acids is 1. The molecule has 3 N–H and O–H groups in total. The maximum absolute atomic E-state index is 12.9. The van der Waals surface area contributed by atoms with E-state index >= 15 is 0 Å². The van der Waals surface area contributed by atoms with Gasteiger partial charge < -0.3 is 15.1 Å². The fraction of sp³-hybridized carbons (Fsp3) is 0.132. The normalized spacial score (nSPS) is 12.0. The van der Waals surface area contributed by atoms with E-state index in [0.29, 0.717) is 43.9 Å². The Bertz CT molecular complexity index is 3900. The van der Waals surface area contributed by atoms with Crippen molar-refractivity contribution in [3.05, 3.63) is 209 Å². The Morgan fingerprint density at radius 3 is 1.88 bits per heavy atom. The number of nitrogens with zero attached hydrogens (tertiary/aromatic N) is 11. The first-order valence-corrected chi connectivity index (χ1v) is 23.3. The molecule has 6 aromatic carbocycles. The monoisotopic (exact) mass is 1030 g/mol. The summed E-state index contributed by atoms with van der Waals surface area (Å²) in [5, 5.41) is 37.6. The molecule has 0 saturated carbocycles. The van der Waals surface area contributed by atoms with Gasteiger partial charge in [0.2, 0.25) is 10.9 Å². The molecule has 1 saturated heterocycles. The summed E-state index contributed by atoms with van der Waals surface area (Å²) < 4.78 is 0.895. The number of nitrogens with one attached hydrogen (secondary N) is 3. The molecule has 10 aromatic rings. The van der Waals surface area contributed by atoms with Crippen molar-refractivity contribution in [2.75, 3.05) is 45.1 Å². The Hall–Kier alpha value is -8.99. The van der Waals surface area contributed by atoms with Crippen molar-refractivity contribution < 1.29 is 4.79 Å². The van der Waals surface area contributed by atoms with E-state index in [1.54, 1.807) is 54.7 Å². The van der Waals surface area contributed by atoms with E-state index in [1.165, 1.54) is 24.2 Å². The van der Waals surface area contributed by atoms with Crippen molar-refractivity contribution in [2.24, 2.45) is 0 Å². The Balaban J connectivity index is 0.000000148. The summed E-state index contributed by atoms with van der Waals surface area (Å²) >= 11 is 9.17. The van der Waals surface area contributed by atoms with Crippen molar-refractivity contribution in [1.29, 1.82) is 0 Å². The average Bonchev–Trinajstić information content (AvgIpc) is 3.41. The molecule has 4 aromatic heterocycles. The lowest BCUT2D eigenvalue weighted by Gasteiger charge is -2.32. The summed E-state index contributed by atoms with van der Waals surface area (Å²) in [5.74, 6) is 0.114. The van der Waals surface area contributed by atoms with E-state index in [2.05, 4.69) is 107 Å². The zero-order valence-corrected chi connectivity index (χ0v) is 40.7. The van der Waals surface area contributed by atoms with Gasteiger partial charge >= 0.3 is 0 Å². The van der Waals surface area contributed by atoms with Crippen molar-refractivity contribution in [3.8, 4) is 0 Å². The number of anilines is 1. The highest BCUT2D eigenvalue weighted by atomic mass is 79.9. The standard InChI is InChI=1S/C27H26N6O.C9H4ClN3.C9H5N3O.C8H5BrN2O/c1-28-23-7-8-25-24(17-23)26(18-30-31-25)29-10-9-19-3-4-21-16-22(6-5-20(21)15-19)27(34)33-13-11-32(2)12-14-33;1-11-6-2-3-9-7(4-6)8(10)5-12-13-9;1-10-6-2-3-8-7(4-6)9(13)5-11-12-8;9-5-1-2-7-6(3-5)8(12)4-10-11-7/h3-8,15-18H,9-14H2,2H3,(H,29,31);2-5H;2-5H,(H,12,13);1-4H,(H,11,12). The molecule has 0 unspecified atom stereocenters. The number of aromatic nitrogens is 8. The van der Waals surface area contributed by atoms with Gasteiger partial charge in [0.25, 0.3) is 5.91 Å². The number of hydrogen-bond donors (Lipinski definition) is 3. The summed E-state index contributed by atoms with van der Waals surface area (Å²) in [6, 6.07) is 33.3. The molecule has 0 bridgehead atoms. The predicted molar refractivity (Wildman–Crippen MR) is 285 cm³/mol. The lowest BCUT2D eigenvalue weighted by molar-refractivity contribution is 0.0664. The highest BCUT2D eigenvalue weighted by Crippen LogP contribution is 2.27. The van der Waals surface area contributed by atoms with Gasteiger partial charge in [-0.3, -0.25) is 24.6 Å². The number of rotatable bonds is 5. The first kappa shape index (κ1) is 49.4. The predicted octanol–water partition coefficient (Wildman–Crippen LogP) is 10.4. The van der Waals surface area contributed by atoms with Crippen LogP contribution in [0.2, 0.25) is 5.02 Å². The van der Waals surface area contributed by atoms with Crippen molar-refractivity contribution >= 4 is 111 Å². The molecule has 1 amide bonds. The fourth-order valence-electron chi connectivity index (χ4n) is 7.64. The molecule has 1 aliphatic rings. The van der Waals surface area contributed by atoms with Crippen LogP contribution in [-0.4, -0.2) is 96.3 Å². The van der Waals surface area contributed by atoms with E-state index < -0.39 is 0 Å². The maximum atomic E-state index is 12.9. The second kappa shape index (κ2) is 23.1. The van der Waals surface area contributed by atoms with Crippen LogP contribution in [0.5, 0.6) is 0 Å². The van der Waals surface area contributed by atoms with Gasteiger partial charge in [-0.2, -0.15) is 30.6 Å². The number of fused-ring (bicyclic) bond motifs is 5. The second-order valence-corrected chi connectivity index (χ2v) is 17.6. The molecule has 354 valence electrons. The average molecular weight is 1040 g/mol. The van der Waals surface area contributed by atoms with Crippen LogP contribution in [0.25, 0.3) is 68.9 Å². The van der Waals surface area contributed by atoms with Gasteiger partial charge in [0.1, 0.15) is 0 Å². The summed E-state index contributed by atoms with van der Waals surface area (Å²) in [6.07, 6.45) is 6.49. The van der Waals surface area contributed by atoms with Gasteiger partial charge in [0, 0.05) is 64.3 Å². The van der Waals surface area contributed by atoms with Gasteiger partial charge in [-0.25, -0.2) is 14.5 Å². The zero-order valence-electron chi connectivity index (χ0n) is 38.3. The fourth-order valence-corrected chi connectivity index (χ4v) is 8.19. The molecule has 72 heavy (non-hydrogen) atoms. The van der Waals surface area contributed by atoms with Crippen LogP contribution >= 0.6 is 27.5 Å². The Morgan fingerprint density at radius 2 is 1.21 bits per heavy atom. The van der Waals surface area contributed by atoms with Gasteiger partial charge in [-0.05, 0) is 96.5 Å². The van der Waals surface area contributed by atoms with Crippen LogP contribution in [0.4, 0.5) is 22.7 Å². The molecule has 19 heteroatoms. The molecule has 1 aliphatic heterocycles. The maximum Gasteiger partial charge on any atom is 0.253 e. The van der Waals surface area contributed by atoms with Crippen LogP contribution in [0.1, 0.15) is 15.9 Å². The molecule has 0 radical (unpaired) electrons. The number of hydrogen-bond acceptors (Lipinski definition) is 11. The van der Waals surface area contributed by atoms with Gasteiger partial charge in [0.05, 0.1) is 77.3 Å². The first-order chi connectivity index (χ1) is 35.0. The lowest BCUT2D eigenvalue weighted by Crippen LogP contribution is -2.47. The van der Waals surface area contributed by atoms with Crippen LogP contribution in [-0.2, 0) is 6.42 Å². The minimum Gasteiger partial charge on any atom is -0.383 e. The SMILES string of the molecule is O=c1cn[nH]c2ccc(Br)cc12.[C-]#[N+]c1ccc2[nH]ncc(=O)c2c1.[C-]#[N+]c1ccc2nncc(Cl)c2c1.[C-]#[N+]c1ccc2nncc(NCCc3ccc4cc(C(=O)N5CCN(C)CC5)ccc4c3)c2c1. The number of piperazine rings is 1. The molecule has 0 spiro atoms. The van der Waals surface area contributed by atoms with E-state index in [4.69, 9.17) is 31.3 Å². The third-order valence-corrected chi connectivity index (χ3v) is 12.3. The molecule has 5 heterocycles. The molecule has 1 fully saturated rings. The number of benzene rings is 6. The van der Waals surface area contributed by atoms with Gasteiger partial charge in [0.15, 0.2) is 17.1 Å². The first-order valence-electron chi connectivity index (χ1n) is 22.1. The van der Waals surface area contributed by atoms with Gasteiger partial charge in [-0.15, -0.1) is 0 Å². The largest absolute Gasteiger partial charge is 0.383 e. The summed E-state index contributed by atoms with van der Waals surface area (Å²) in [7, 11) is 2.09. The summed E-state index contributed by atoms with van der Waals surface area (Å²) in [4.78, 5) is 49.6. The third kappa shape index (κ3) is 12.1. The van der Waals surface area contributed by atoms with Crippen LogP contribution in [0, 0.1) is 19.7 Å². The quantitative estimate of drug-likeness (QED) is 0.139. The lowest BCUT2D eigenvalue weighted by atomic mass is 10.0. The molecule has 11 rings (SSSR count). The molecule has 0 atom stereocenters. The number of H-pyrrole nitrogens is 2. The second-order valence-electron chi connectivity index (χ2n) is 16.2. The number of halogens is 2. The highest BCUT2D eigenvalue weighted by Gasteiger charge is 2.20. The Morgan fingerprint density at radius 1 is 0.653 bits per heavy atom. The summed E-state index contributed by atoms with van der Waals surface area (Å²) in [6.45, 7) is 25.0. The smallest absolute Gasteiger partial charge is 0.253 e. The topological polar surface area (TPSA) is 192 Å². The third-order valence-electron chi connectivity index (χ3n) is 11.5. The molecular weight excluding hydrogens is 996 g/mol. The highest BCUT2D eigenvalue weighted by molar-refractivity contribution is 9.10. The van der Waals surface area contributed by atoms with Crippen molar-refractivity contribution in [1.82, 2.24) is 50.6 Å². The number of carbonyl (C=O) groups is 1. The van der Waals surface area contributed by atoms with Crippen LogP contribution in [0.3, 0.4) is 0 Å². The van der Waals surface area contributed by atoms with Gasteiger partial charge in [-0.1, -0.05) is 70.0 Å². The molecule has 0 aliphatic carbocycles. The number of aromatic amines is 2. The molecular formula is C53H40BrClN14O3.